The van der Waals surface area contributed by atoms with Crippen molar-refractivity contribution in [3.63, 3.8) is 0 Å². The maximum Gasteiger partial charge on any atom is 0.317 e. The lowest BCUT2D eigenvalue weighted by atomic mass is 10.2. The number of hydrogen-bond acceptors (Lipinski definition) is 4. The number of piperazine rings is 1. The van der Waals surface area contributed by atoms with E-state index in [0.717, 1.165) is 51.4 Å². The Morgan fingerprint density at radius 2 is 1.80 bits per heavy atom. The van der Waals surface area contributed by atoms with Gasteiger partial charge in [0.05, 0.1) is 6.10 Å². The Balaban J connectivity index is 1.74. The second-order valence-electron chi connectivity index (χ2n) is 7.02. The fraction of sp³-hybridized carbons (Fsp3) is 0.632. The summed E-state index contributed by atoms with van der Waals surface area (Å²) in [6.07, 6.45) is 1.16. The highest BCUT2D eigenvalue weighted by Gasteiger charge is 2.21. The third kappa shape index (κ3) is 6.46. The Kier molecular flexibility index (Phi) is 7.37. The third-order valence-electron chi connectivity index (χ3n) is 4.20. The molecule has 0 saturated carbocycles. The molecule has 6 nitrogen and oxygen atoms in total. The fourth-order valence-electron chi connectivity index (χ4n) is 2.88. The largest absolute Gasteiger partial charge is 0.491 e. The van der Waals surface area contributed by atoms with Crippen LogP contribution in [0.2, 0.25) is 0 Å². The van der Waals surface area contributed by atoms with Gasteiger partial charge in [0.2, 0.25) is 0 Å². The summed E-state index contributed by atoms with van der Waals surface area (Å²) in [6, 6.07) is 8.26. The zero-order valence-corrected chi connectivity index (χ0v) is 16.0. The van der Waals surface area contributed by atoms with Gasteiger partial charge in [-0.15, -0.1) is 0 Å². The zero-order chi connectivity index (χ0) is 18.2. The summed E-state index contributed by atoms with van der Waals surface area (Å²) in [5, 5.41) is 3.01. The molecule has 0 radical (unpaired) electrons. The maximum absolute atomic E-state index is 12.2. The van der Waals surface area contributed by atoms with E-state index < -0.39 is 0 Å². The minimum absolute atomic E-state index is 0.0547. The number of urea groups is 1. The van der Waals surface area contributed by atoms with Crippen molar-refractivity contribution < 1.29 is 9.53 Å². The van der Waals surface area contributed by atoms with Crippen LogP contribution in [0.4, 0.5) is 10.5 Å². The molecule has 0 atom stereocenters. The number of amides is 2. The van der Waals surface area contributed by atoms with Gasteiger partial charge in [0, 0.05) is 38.4 Å². The van der Waals surface area contributed by atoms with Gasteiger partial charge < -0.3 is 24.8 Å². The number of benzene rings is 1. The molecule has 1 aromatic carbocycles. The summed E-state index contributed by atoms with van der Waals surface area (Å²) in [5.41, 5.74) is 1.18. The molecular weight excluding hydrogens is 316 g/mol. The molecule has 140 valence electrons. The number of hydrogen-bond donors (Lipinski definition) is 1. The van der Waals surface area contributed by atoms with Crippen molar-refractivity contribution in [1.29, 1.82) is 0 Å². The molecule has 1 aromatic rings. The van der Waals surface area contributed by atoms with Crippen LogP contribution in [-0.4, -0.2) is 75.3 Å². The monoisotopic (exact) mass is 348 g/mol. The van der Waals surface area contributed by atoms with E-state index in [1.807, 2.05) is 45.0 Å². The Hall–Kier alpha value is -1.95. The average molecular weight is 348 g/mol. The minimum Gasteiger partial charge on any atom is -0.491 e. The topological polar surface area (TPSA) is 48.1 Å². The molecule has 2 amide bonds. The van der Waals surface area contributed by atoms with Gasteiger partial charge >= 0.3 is 6.03 Å². The van der Waals surface area contributed by atoms with E-state index in [9.17, 15) is 4.79 Å². The average Bonchev–Trinajstić information content (AvgIpc) is 2.59. The number of rotatable bonds is 7. The lowest BCUT2D eigenvalue weighted by molar-refractivity contribution is 0.194. The second-order valence-corrected chi connectivity index (χ2v) is 7.02. The molecule has 25 heavy (non-hydrogen) atoms. The Morgan fingerprint density at radius 1 is 1.16 bits per heavy atom. The first-order chi connectivity index (χ1) is 12.0. The Bertz CT molecular complexity index is 523. The molecule has 0 bridgehead atoms. The molecule has 6 heteroatoms. The van der Waals surface area contributed by atoms with Crippen molar-refractivity contribution >= 4 is 11.7 Å². The van der Waals surface area contributed by atoms with Crippen LogP contribution in [0.1, 0.15) is 20.3 Å². The van der Waals surface area contributed by atoms with E-state index in [4.69, 9.17) is 4.74 Å². The lowest BCUT2D eigenvalue weighted by Crippen LogP contribution is -2.52. The van der Waals surface area contributed by atoms with Crippen molar-refractivity contribution in [2.45, 2.75) is 26.4 Å². The van der Waals surface area contributed by atoms with Gasteiger partial charge in [-0.1, -0.05) is 0 Å². The van der Waals surface area contributed by atoms with Crippen LogP contribution in [0.3, 0.4) is 0 Å². The summed E-state index contributed by atoms with van der Waals surface area (Å²) in [7, 11) is 4.09. The van der Waals surface area contributed by atoms with Crippen LogP contribution in [0, 0.1) is 0 Å². The smallest absolute Gasteiger partial charge is 0.317 e. The van der Waals surface area contributed by atoms with E-state index in [1.54, 1.807) is 0 Å². The van der Waals surface area contributed by atoms with Crippen LogP contribution < -0.4 is 15.0 Å². The molecule has 0 aromatic heterocycles. The summed E-state index contributed by atoms with van der Waals surface area (Å²) in [5.74, 6) is 0.898. The van der Waals surface area contributed by atoms with E-state index in [1.165, 1.54) is 5.69 Å². The SMILES string of the molecule is CC(C)Oc1ccc(N2CCN(C(=O)NCCCN(C)C)CC2)cc1. The first-order valence-electron chi connectivity index (χ1n) is 9.15. The van der Waals surface area contributed by atoms with E-state index in [-0.39, 0.29) is 12.1 Å². The Labute approximate surface area is 151 Å². The van der Waals surface area contributed by atoms with Gasteiger partial charge in [0.1, 0.15) is 5.75 Å². The van der Waals surface area contributed by atoms with Gasteiger partial charge in [-0.25, -0.2) is 4.79 Å². The number of nitrogens with one attached hydrogen (secondary N) is 1. The first-order valence-corrected chi connectivity index (χ1v) is 9.15. The molecule has 0 aliphatic carbocycles. The molecule has 1 aliphatic rings. The van der Waals surface area contributed by atoms with Crippen LogP contribution in [0.15, 0.2) is 24.3 Å². The van der Waals surface area contributed by atoms with Gasteiger partial charge in [-0.2, -0.15) is 0 Å². The molecule has 0 spiro atoms. The summed E-state index contributed by atoms with van der Waals surface area (Å²) in [6.45, 7) is 9.00. The van der Waals surface area contributed by atoms with Gasteiger partial charge in [0.15, 0.2) is 0 Å². The number of carbonyl (C=O) groups excluding carboxylic acids is 1. The van der Waals surface area contributed by atoms with Crippen LogP contribution >= 0.6 is 0 Å². The summed E-state index contributed by atoms with van der Waals surface area (Å²) < 4.78 is 5.68. The lowest BCUT2D eigenvalue weighted by Gasteiger charge is -2.36. The first kappa shape index (κ1) is 19.4. The van der Waals surface area contributed by atoms with Crippen molar-refractivity contribution in [3.8, 4) is 5.75 Å². The Morgan fingerprint density at radius 3 is 2.36 bits per heavy atom. The van der Waals surface area contributed by atoms with Crippen molar-refractivity contribution in [3.05, 3.63) is 24.3 Å². The van der Waals surface area contributed by atoms with E-state index >= 15 is 0 Å². The molecule has 1 N–H and O–H groups in total. The predicted molar refractivity (Wildman–Crippen MR) is 103 cm³/mol. The molecule has 1 heterocycles. The number of ether oxygens (including phenoxy) is 1. The molecule has 0 unspecified atom stereocenters. The highest BCUT2D eigenvalue weighted by molar-refractivity contribution is 5.74. The maximum atomic E-state index is 12.2. The predicted octanol–water partition coefficient (Wildman–Crippen LogP) is 2.26. The van der Waals surface area contributed by atoms with Crippen molar-refractivity contribution in [1.82, 2.24) is 15.1 Å². The standard InChI is InChI=1S/C19H32N4O2/c1-16(2)25-18-8-6-17(7-9-18)22-12-14-23(15-13-22)19(24)20-10-5-11-21(3)4/h6-9,16H,5,10-15H2,1-4H3,(H,20,24). The second kappa shape index (κ2) is 9.51. The highest BCUT2D eigenvalue weighted by Crippen LogP contribution is 2.21. The van der Waals surface area contributed by atoms with Crippen molar-refractivity contribution in [2.75, 3.05) is 58.3 Å². The molecule has 1 fully saturated rings. The fourth-order valence-corrected chi connectivity index (χ4v) is 2.88. The van der Waals surface area contributed by atoms with Crippen LogP contribution in [0.5, 0.6) is 5.75 Å². The highest BCUT2D eigenvalue weighted by atomic mass is 16.5. The molecule has 2 rings (SSSR count). The van der Waals surface area contributed by atoms with Gasteiger partial charge in [-0.3, -0.25) is 0 Å². The minimum atomic E-state index is 0.0547. The van der Waals surface area contributed by atoms with Gasteiger partial charge in [-0.05, 0) is 65.2 Å². The van der Waals surface area contributed by atoms with Crippen molar-refractivity contribution in [2.24, 2.45) is 0 Å². The van der Waals surface area contributed by atoms with Gasteiger partial charge in [0.25, 0.3) is 0 Å². The van der Waals surface area contributed by atoms with E-state index in [0.29, 0.717) is 0 Å². The molecule has 1 aliphatic heterocycles. The van der Waals surface area contributed by atoms with E-state index in [2.05, 4.69) is 27.2 Å². The molecular formula is C19H32N4O2. The number of carbonyl (C=O) groups is 1. The molecule has 1 saturated heterocycles. The quantitative estimate of drug-likeness (QED) is 0.768. The third-order valence-corrected chi connectivity index (χ3v) is 4.20. The number of anilines is 1. The normalized spacial score (nSPS) is 15.0. The summed E-state index contributed by atoms with van der Waals surface area (Å²) in [4.78, 5) is 18.5. The van der Waals surface area contributed by atoms with Crippen LogP contribution in [-0.2, 0) is 0 Å². The zero-order valence-electron chi connectivity index (χ0n) is 16.0. The van der Waals surface area contributed by atoms with Crippen LogP contribution in [0.25, 0.3) is 0 Å². The summed E-state index contributed by atoms with van der Waals surface area (Å²) >= 11 is 0. The number of nitrogens with zero attached hydrogens (tertiary/aromatic N) is 3.